The Morgan fingerprint density at radius 3 is 2.09 bits per heavy atom. The van der Waals surface area contributed by atoms with E-state index < -0.39 is 24.1 Å². The number of alkyl carbamates (subject to hydrolysis) is 1. The standard InChI is InChI=1S/C27H34N2O6/c1-17(2)12-18(13-25(30)31)14-28-26(32)24(34-3)15-29-27(33)35-16-23-21-10-6-4-8-19(21)20-9-5-7-11-22(20)23/h4-11,17-18,23-24H,12-16H2,1-3H3,(H,28,32)(H,29,33)(H,30,31)/t18-,24?/m0/s1. The minimum absolute atomic E-state index is 0.0197. The Bertz CT molecular complexity index is 992. The lowest BCUT2D eigenvalue weighted by Crippen LogP contribution is -2.45. The molecule has 8 nitrogen and oxygen atoms in total. The number of aliphatic carboxylic acids is 1. The van der Waals surface area contributed by atoms with Crippen LogP contribution in [0.25, 0.3) is 11.1 Å². The van der Waals surface area contributed by atoms with Crippen LogP contribution < -0.4 is 10.6 Å². The number of ether oxygens (including phenoxy) is 2. The fourth-order valence-electron chi connectivity index (χ4n) is 4.62. The Kier molecular flexibility index (Phi) is 9.25. The van der Waals surface area contributed by atoms with Gasteiger partial charge in [-0.15, -0.1) is 0 Å². The minimum Gasteiger partial charge on any atom is -0.481 e. The molecule has 1 aliphatic rings. The Morgan fingerprint density at radius 1 is 0.943 bits per heavy atom. The molecule has 0 radical (unpaired) electrons. The summed E-state index contributed by atoms with van der Waals surface area (Å²) < 4.78 is 10.7. The van der Waals surface area contributed by atoms with Crippen molar-refractivity contribution in [3.8, 4) is 11.1 Å². The molecule has 35 heavy (non-hydrogen) atoms. The average molecular weight is 483 g/mol. The predicted octanol–water partition coefficient (Wildman–Crippen LogP) is 3.79. The van der Waals surface area contributed by atoms with Crippen LogP contribution >= 0.6 is 0 Å². The van der Waals surface area contributed by atoms with Crippen LogP contribution in [0.5, 0.6) is 0 Å². The van der Waals surface area contributed by atoms with Crippen molar-refractivity contribution in [1.29, 1.82) is 0 Å². The second kappa shape index (κ2) is 12.4. The lowest BCUT2D eigenvalue weighted by atomic mass is 9.94. The molecule has 0 aromatic heterocycles. The van der Waals surface area contributed by atoms with Gasteiger partial charge in [0.25, 0.3) is 5.91 Å². The van der Waals surface area contributed by atoms with E-state index in [1.807, 2.05) is 50.2 Å². The smallest absolute Gasteiger partial charge is 0.407 e. The van der Waals surface area contributed by atoms with Crippen LogP contribution in [0, 0.1) is 11.8 Å². The third kappa shape index (κ3) is 7.05. The molecule has 0 spiro atoms. The monoisotopic (exact) mass is 482 g/mol. The fraction of sp³-hybridized carbons (Fsp3) is 0.444. The number of carbonyl (C=O) groups excluding carboxylic acids is 2. The molecule has 2 atom stereocenters. The van der Waals surface area contributed by atoms with E-state index in [4.69, 9.17) is 14.6 Å². The second-order valence-electron chi connectivity index (χ2n) is 9.27. The van der Waals surface area contributed by atoms with Gasteiger partial charge in [0.1, 0.15) is 6.61 Å². The van der Waals surface area contributed by atoms with E-state index >= 15 is 0 Å². The Morgan fingerprint density at radius 2 is 1.54 bits per heavy atom. The number of rotatable bonds is 12. The molecule has 3 N–H and O–H groups in total. The summed E-state index contributed by atoms with van der Waals surface area (Å²) in [7, 11) is 1.38. The quantitative estimate of drug-likeness (QED) is 0.424. The largest absolute Gasteiger partial charge is 0.481 e. The van der Waals surface area contributed by atoms with Crippen molar-refractivity contribution in [3.63, 3.8) is 0 Å². The Hall–Kier alpha value is -3.39. The molecule has 0 heterocycles. The van der Waals surface area contributed by atoms with E-state index in [9.17, 15) is 14.4 Å². The van der Waals surface area contributed by atoms with Gasteiger partial charge in [-0.2, -0.15) is 0 Å². The summed E-state index contributed by atoms with van der Waals surface area (Å²) in [4.78, 5) is 36.0. The second-order valence-corrected chi connectivity index (χ2v) is 9.27. The maximum Gasteiger partial charge on any atom is 0.407 e. The zero-order valence-corrected chi connectivity index (χ0v) is 20.5. The summed E-state index contributed by atoms with van der Waals surface area (Å²) in [5.74, 6) is -1.23. The summed E-state index contributed by atoms with van der Waals surface area (Å²) in [5.41, 5.74) is 4.53. The first-order chi connectivity index (χ1) is 16.8. The highest BCUT2D eigenvalue weighted by Gasteiger charge is 2.29. The van der Waals surface area contributed by atoms with E-state index in [1.54, 1.807) is 0 Å². The summed E-state index contributed by atoms with van der Waals surface area (Å²) in [6.07, 6.45) is -0.888. The number of carbonyl (C=O) groups is 3. The van der Waals surface area contributed by atoms with Crippen molar-refractivity contribution < 1.29 is 29.0 Å². The lowest BCUT2D eigenvalue weighted by Gasteiger charge is -2.21. The first-order valence-electron chi connectivity index (χ1n) is 11.9. The maximum atomic E-state index is 12.5. The molecule has 8 heteroatoms. The summed E-state index contributed by atoms with van der Waals surface area (Å²) in [6.45, 7) is 4.36. The van der Waals surface area contributed by atoms with E-state index in [0.717, 1.165) is 22.3 Å². The SMILES string of the molecule is COC(CNC(=O)OCC1c2ccccc2-c2ccccc21)C(=O)NC[C@H](CC(=O)O)CC(C)C. The van der Waals surface area contributed by atoms with E-state index in [-0.39, 0.29) is 38.0 Å². The third-order valence-corrected chi connectivity index (χ3v) is 6.19. The van der Waals surface area contributed by atoms with Gasteiger partial charge in [0.05, 0.1) is 6.54 Å². The highest BCUT2D eigenvalue weighted by molar-refractivity contribution is 5.82. The summed E-state index contributed by atoms with van der Waals surface area (Å²) in [6, 6.07) is 16.2. The van der Waals surface area contributed by atoms with Crippen LogP contribution in [0.3, 0.4) is 0 Å². The number of hydrogen-bond acceptors (Lipinski definition) is 5. The molecule has 3 rings (SSSR count). The number of fused-ring (bicyclic) bond motifs is 3. The van der Waals surface area contributed by atoms with Gasteiger partial charge in [-0.25, -0.2) is 4.79 Å². The maximum absolute atomic E-state index is 12.5. The van der Waals surface area contributed by atoms with Crippen LogP contribution in [0.15, 0.2) is 48.5 Å². The van der Waals surface area contributed by atoms with Crippen LogP contribution in [0.2, 0.25) is 0 Å². The van der Waals surface area contributed by atoms with Crippen LogP contribution in [0.1, 0.15) is 43.7 Å². The normalized spacial score (nSPS) is 14.1. The van der Waals surface area contributed by atoms with Gasteiger partial charge in [0.15, 0.2) is 6.10 Å². The zero-order chi connectivity index (χ0) is 25.4. The van der Waals surface area contributed by atoms with Gasteiger partial charge < -0.3 is 25.2 Å². The highest BCUT2D eigenvalue weighted by Crippen LogP contribution is 2.44. The number of carboxylic acids is 1. The number of carboxylic acid groups (broad SMARTS) is 1. The number of methoxy groups -OCH3 is 1. The van der Waals surface area contributed by atoms with E-state index in [1.165, 1.54) is 7.11 Å². The van der Waals surface area contributed by atoms with Gasteiger partial charge in [0.2, 0.25) is 0 Å². The molecule has 2 aromatic rings. The predicted molar refractivity (Wildman–Crippen MR) is 132 cm³/mol. The average Bonchev–Trinajstić information content (AvgIpc) is 3.14. The summed E-state index contributed by atoms with van der Waals surface area (Å²) in [5, 5.41) is 14.4. The van der Waals surface area contributed by atoms with Crippen molar-refractivity contribution in [3.05, 3.63) is 59.7 Å². The first-order valence-corrected chi connectivity index (χ1v) is 11.9. The van der Waals surface area contributed by atoms with E-state index in [2.05, 4.69) is 22.8 Å². The minimum atomic E-state index is -0.917. The number of hydrogen-bond donors (Lipinski definition) is 3. The van der Waals surface area contributed by atoms with Crippen molar-refractivity contribution in [2.45, 2.75) is 38.7 Å². The molecule has 0 fully saturated rings. The topological polar surface area (TPSA) is 114 Å². The molecule has 0 saturated heterocycles. The lowest BCUT2D eigenvalue weighted by molar-refractivity contribution is -0.138. The van der Waals surface area contributed by atoms with Crippen molar-refractivity contribution in [1.82, 2.24) is 10.6 Å². The van der Waals surface area contributed by atoms with Gasteiger partial charge in [-0.3, -0.25) is 9.59 Å². The molecular formula is C27H34N2O6. The molecule has 0 aliphatic heterocycles. The van der Waals surface area contributed by atoms with E-state index in [0.29, 0.717) is 12.3 Å². The number of nitrogens with one attached hydrogen (secondary N) is 2. The molecule has 1 aliphatic carbocycles. The Balaban J connectivity index is 1.49. The van der Waals surface area contributed by atoms with Gasteiger partial charge >= 0.3 is 12.1 Å². The molecular weight excluding hydrogens is 448 g/mol. The van der Waals surface area contributed by atoms with Crippen LogP contribution in [-0.4, -0.2) is 56.0 Å². The van der Waals surface area contributed by atoms with Gasteiger partial charge in [0, 0.05) is 26.0 Å². The van der Waals surface area contributed by atoms with Crippen molar-refractivity contribution in [2.24, 2.45) is 11.8 Å². The van der Waals surface area contributed by atoms with Gasteiger partial charge in [-0.1, -0.05) is 62.4 Å². The van der Waals surface area contributed by atoms with Crippen molar-refractivity contribution >= 4 is 18.0 Å². The molecule has 2 aromatic carbocycles. The summed E-state index contributed by atoms with van der Waals surface area (Å²) >= 11 is 0. The highest BCUT2D eigenvalue weighted by atomic mass is 16.5. The fourth-order valence-corrected chi connectivity index (χ4v) is 4.62. The first kappa shape index (κ1) is 26.2. The van der Waals surface area contributed by atoms with Crippen LogP contribution in [-0.2, 0) is 19.1 Å². The molecule has 188 valence electrons. The molecule has 0 saturated carbocycles. The Labute approximate surface area is 206 Å². The zero-order valence-electron chi connectivity index (χ0n) is 20.5. The van der Waals surface area contributed by atoms with Gasteiger partial charge in [-0.05, 0) is 40.5 Å². The molecule has 0 bridgehead atoms. The molecule has 1 unspecified atom stereocenters. The third-order valence-electron chi connectivity index (χ3n) is 6.19. The number of amides is 2. The molecule has 2 amide bonds. The van der Waals surface area contributed by atoms with Crippen LogP contribution in [0.4, 0.5) is 4.79 Å². The number of benzene rings is 2. The van der Waals surface area contributed by atoms with Crippen molar-refractivity contribution in [2.75, 3.05) is 26.8 Å².